The zero-order chi connectivity index (χ0) is 6.20. The van der Waals surface area contributed by atoms with Gasteiger partial charge in [-0.2, -0.15) is 12.6 Å². The average molecular weight is 131 g/mol. The van der Waals surface area contributed by atoms with E-state index in [9.17, 15) is 0 Å². The lowest BCUT2D eigenvalue weighted by atomic mass is 10.0. The maximum absolute atomic E-state index is 5.84. The molecule has 2 N–H and O–H groups in total. The van der Waals surface area contributed by atoms with Crippen molar-refractivity contribution in [3.8, 4) is 0 Å². The molecular formula is C6H13NS. The Hall–Kier alpha value is 0.310. The molecule has 8 heavy (non-hydrogen) atoms. The normalized spacial score (nSPS) is 47.6. The van der Waals surface area contributed by atoms with Crippen LogP contribution >= 0.6 is 12.6 Å². The van der Waals surface area contributed by atoms with E-state index >= 15 is 0 Å². The lowest BCUT2D eigenvalue weighted by molar-refractivity contribution is 0.500. The standard InChI is InChI=1S/C6H13NS/c1-6(7)4-2-3-5(6)8/h5,8H,2-4,7H2,1H3. The van der Waals surface area contributed by atoms with E-state index in [2.05, 4.69) is 19.6 Å². The monoisotopic (exact) mass is 131 g/mol. The molecule has 0 aromatic heterocycles. The molecule has 0 aliphatic heterocycles. The summed E-state index contributed by atoms with van der Waals surface area (Å²) >= 11 is 4.35. The van der Waals surface area contributed by atoms with Crippen LogP contribution in [0.4, 0.5) is 0 Å². The summed E-state index contributed by atoms with van der Waals surface area (Å²) in [4.78, 5) is 0. The Balaban J connectivity index is 2.54. The van der Waals surface area contributed by atoms with E-state index in [1.54, 1.807) is 0 Å². The van der Waals surface area contributed by atoms with Crippen LogP contribution in [0.25, 0.3) is 0 Å². The first kappa shape index (κ1) is 6.43. The van der Waals surface area contributed by atoms with Gasteiger partial charge in [0.25, 0.3) is 0 Å². The van der Waals surface area contributed by atoms with E-state index in [1.807, 2.05) is 0 Å². The van der Waals surface area contributed by atoms with Crippen molar-refractivity contribution in [3.63, 3.8) is 0 Å². The molecule has 2 unspecified atom stereocenters. The molecule has 0 spiro atoms. The third-order valence-corrected chi connectivity index (χ3v) is 2.80. The van der Waals surface area contributed by atoms with Gasteiger partial charge in [0.05, 0.1) is 0 Å². The van der Waals surface area contributed by atoms with Crippen molar-refractivity contribution in [1.82, 2.24) is 0 Å². The Morgan fingerprint density at radius 1 is 1.75 bits per heavy atom. The molecule has 1 aliphatic rings. The van der Waals surface area contributed by atoms with Crippen molar-refractivity contribution < 1.29 is 0 Å². The molecule has 0 amide bonds. The molecule has 0 saturated heterocycles. The highest BCUT2D eigenvalue weighted by atomic mass is 32.1. The predicted molar refractivity (Wildman–Crippen MR) is 39.2 cm³/mol. The molecule has 0 radical (unpaired) electrons. The second-order valence-electron chi connectivity index (χ2n) is 2.91. The lowest BCUT2D eigenvalue weighted by Crippen LogP contribution is -2.40. The maximum atomic E-state index is 5.84. The molecule has 1 nitrogen and oxygen atoms in total. The summed E-state index contributed by atoms with van der Waals surface area (Å²) in [7, 11) is 0. The molecule has 1 aliphatic carbocycles. The molecule has 0 heterocycles. The van der Waals surface area contributed by atoms with E-state index in [0.29, 0.717) is 5.25 Å². The van der Waals surface area contributed by atoms with Crippen LogP contribution in [0.2, 0.25) is 0 Å². The van der Waals surface area contributed by atoms with E-state index in [4.69, 9.17) is 5.73 Å². The van der Waals surface area contributed by atoms with Gasteiger partial charge in [0.15, 0.2) is 0 Å². The first-order valence-electron chi connectivity index (χ1n) is 3.10. The van der Waals surface area contributed by atoms with Gasteiger partial charge in [-0.25, -0.2) is 0 Å². The fourth-order valence-electron chi connectivity index (χ4n) is 1.17. The summed E-state index contributed by atoms with van der Waals surface area (Å²) in [5.41, 5.74) is 5.86. The largest absolute Gasteiger partial charge is 0.324 e. The highest BCUT2D eigenvalue weighted by Crippen LogP contribution is 2.30. The Kier molecular flexibility index (Phi) is 1.54. The maximum Gasteiger partial charge on any atom is 0.0243 e. The minimum Gasteiger partial charge on any atom is -0.324 e. The van der Waals surface area contributed by atoms with E-state index in [-0.39, 0.29) is 5.54 Å². The lowest BCUT2D eigenvalue weighted by Gasteiger charge is -2.21. The molecule has 1 rings (SSSR count). The van der Waals surface area contributed by atoms with Crippen LogP contribution in [0.3, 0.4) is 0 Å². The van der Waals surface area contributed by atoms with Gasteiger partial charge in [0, 0.05) is 10.8 Å². The Morgan fingerprint density at radius 3 is 2.50 bits per heavy atom. The van der Waals surface area contributed by atoms with Crippen molar-refractivity contribution in [2.45, 2.75) is 37.0 Å². The SMILES string of the molecule is CC1(N)CCCC1S. The third kappa shape index (κ3) is 1.00. The summed E-state index contributed by atoms with van der Waals surface area (Å²) in [5.74, 6) is 0. The molecule has 2 heteroatoms. The van der Waals surface area contributed by atoms with Gasteiger partial charge < -0.3 is 5.73 Å². The second-order valence-corrected chi connectivity index (χ2v) is 3.54. The van der Waals surface area contributed by atoms with Crippen LogP contribution in [0, 0.1) is 0 Å². The molecule has 1 fully saturated rings. The Morgan fingerprint density at radius 2 is 2.38 bits per heavy atom. The topological polar surface area (TPSA) is 26.0 Å². The summed E-state index contributed by atoms with van der Waals surface area (Å²) in [5, 5.41) is 0.433. The number of nitrogens with two attached hydrogens (primary N) is 1. The van der Waals surface area contributed by atoms with Crippen LogP contribution in [0.15, 0.2) is 0 Å². The zero-order valence-electron chi connectivity index (χ0n) is 5.22. The summed E-state index contributed by atoms with van der Waals surface area (Å²) in [6.07, 6.45) is 3.58. The molecule has 0 aromatic carbocycles. The number of thiol groups is 1. The van der Waals surface area contributed by atoms with Crippen LogP contribution in [-0.2, 0) is 0 Å². The van der Waals surface area contributed by atoms with Crippen molar-refractivity contribution in [1.29, 1.82) is 0 Å². The molecule has 2 atom stereocenters. The van der Waals surface area contributed by atoms with Crippen LogP contribution in [0.5, 0.6) is 0 Å². The fourth-order valence-corrected chi connectivity index (χ4v) is 1.48. The summed E-state index contributed by atoms with van der Waals surface area (Å²) < 4.78 is 0. The van der Waals surface area contributed by atoms with Crippen LogP contribution in [-0.4, -0.2) is 10.8 Å². The highest BCUT2D eigenvalue weighted by Gasteiger charge is 2.31. The minimum absolute atomic E-state index is 0.0170. The quantitative estimate of drug-likeness (QED) is 0.474. The minimum atomic E-state index is 0.0170. The Labute approximate surface area is 56.1 Å². The van der Waals surface area contributed by atoms with Gasteiger partial charge in [-0.3, -0.25) is 0 Å². The summed E-state index contributed by atoms with van der Waals surface area (Å²) in [6.45, 7) is 2.08. The summed E-state index contributed by atoms with van der Waals surface area (Å²) in [6, 6.07) is 0. The molecule has 0 aromatic rings. The van der Waals surface area contributed by atoms with Crippen LogP contribution in [0.1, 0.15) is 26.2 Å². The van der Waals surface area contributed by atoms with Gasteiger partial charge in [-0.05, 0) is 19.8 Å². The number of rotatable bonds is 0. The van der Waals surface area contributed by atoms with Crippen LogP contribution < -0.4 is 5.73 Å². The smallest absolute Gasteiger partial charge is 0.0243 e. The van der Waals surface area contributed by atoms with Crippen molar-refractivity contribution in [3.05, 3.63) is 0 Å². The van der Waals surface area contributed by atoms with E-state index in [0.717, 1.165) is 6.42 Å². The Bertz CT molecular complexity index is 90.5. The van der Waals surface area contributed by atoms with Crippen molar-refractivity contribution in [2.24, 2.45) is 5.73 Å². The van der Waals surface area contributed by atoms with E-state index in [1.165, 1.54) is 12.8 Å². The predicted octanol–water partition coefficient (Wildman–Crippen LogP) is 1.19. The highest BCUT2D eigenvalue weighted by molar-refractivity contribution is 7.81. The zero-order valence-corrected chi connectivity index (χ0v) is 6.12. The average Bonchev–Trinajstić information content (AvgIpc) is 1.86. The molecule has 0 bridgehead atoms. The van der Waals surface area contributed by atoms with Crippen molar-refractivity contribution >= 4 is 12.6 Å². The fraction of sp³-hybridized carbons (Fsp3) is 1.00. The number of hydrogen-bond donors (Lipinski definition) is 2. The molecule has 48 valence electrons. The van der Waals surface area contributed by atoms with Gasteiger partial charge >= 0.3 is 0 Å². The van der Waals surface area contributed by atoms with Crippen molar-refractivity contribution in [2.75, 3.05) is 0 Å². The van der Waals surface area contributed by atoms with Gasteiger partial charge in [-0.1, -0.05) is 6.42 Å². The first-order valence-corrected chi connectivity index (χ1v) is 3.61. The van der Waals surface area contributed by atoms with Gasteiger partial charge in [0.1, 0.15) is 0 Å². The second kappa shape index (κ2) is 1.92. The molecular weight excluding hydrogens is 118 g/mol. The number of hydrogen-bond acceptors (Lipinski definition) is 2. The molecule has 1 saturated carbocycles. The van der Waals surface area contributed by atoms with E-state index < -0.39 is 0 Å². The van der Waals surface area contributed by atoms with Gasteiger partial charge in [-0.15, -0.1) is 0 Å². The first-order chi connectivity index (χ1) is 3.63. The van der Waals surface area contributed by atoms with Gasteiger partial charge in [0.2, 0.25) is 0 Å². The third-order valence-electron chi connectivity index (χ3n) is 1.95.